The molecule has 0 saturated heterocycles. The maximum atomic E-state index is 5.99. The molecule has 0 aliphatic carbocycles. The number of ether oxygens (including phenoxy) is 2. The molecule has 0 fully saturated rings. The van der Waals surface area contributed by atoms with Gasteiger partial charge in [0, 0.05) is 11.1 Å². The van der Waals surface area contributed by atoms with Gasteiger partial charge >= 0.3 is 0 Å². The van der Waals surface area contributed by atoms with Crippen LogP contribution < -0.4 is 9.47 Å². The molecule has 0 aliphatic heterocycles. The summed E-state index contributed by atoms with van der Waals surface area (Å²) in [6, 6.07) is 21.7. The van der Waals surface area contributed by atoms with E-state index in [4.69, 9.17) is 14.0 Å². The van der Waals surface area contributed by atoms with Crippen LogP contribution in [0.3, 0.4) is 0 Å². The van der Waals surface area contributed by atoms with Crippen molar-refractivity contribution < 1.29 is 14.0 Å². The molecule has 1 heterocycles. The molecule has 0 N–H and O–H groups in total. The molecule has 29 heavy (non-hydrogen) atoms. The molecule has 0 amide bonds. The molecule has 0 bridgehead atoms. The molecule has 0 saturated carbocycles. The van der Waals surface area contributed by atoms with Gasteiger partial charge in [-0.25, -0.2) is 0 Å². The summed E-state index contributed by atoms with van der Waals surface area (Å²) in [4.78, 5) is 4.55. The van der Waals surface area contributed by atoms with Crippen LogP contribution in [-0.4, -0.2) is 17.3 Å². The summed E-state index contributed by atoms with van der Waals surface area (Å²) in [5.74, 6) is 2.30. The predicted molar refractivity (Wildman–Crippen MR) is 112 cm³/mol. The Labute approximate surface area is 169 Å². The molecule has 0 radical (unpaired) electrons. The minimum Gasteiger partial charge on any atom is -0.493 e. The van der Waals surface area contributed by atoms with E-state index in [2.05, 4.69) is 29.2 Å². The Morgan fingerprint density at radius 2 is 1.62 bits per heavy atom. The monoisotopic (exact) mass is 386 g/mol. The van der Waals surface area contributed by atoms with E-state index < -0.39 is 0 Å². The van der Waals surface area contributed by atoms with E-state index in [0.29, 0.717) is 29.8 Å². The smallest absolute Gasteiger partial charge is 0.258 e. The molecular formula is C24H22N2O3. The first kappa shape index (κ1) is 18.7. The molecule has 0 atom stereocenters. The fourth-order valence-electron chi connectivity index (χ4n) is 3.12. The van der Waals surface area contributed by atoms with Crippen LogP contribution in [0.5, 0.6) is 11.5 Å². The maximum Gasteiger partial charge on any atom is 0.258 e. The summed E-state index contributed by atoms with van der Waals surface area (Å²) in [5.41, 5.74) is 5.14. The number of nitrogens with zero attached hydrogens (tertiary/aromatic N) is 2. The summed E-state index contributed by atoms with van der Waals surface area (Å²) in [5, 5.41) is 4.13. The highest BCUT2D eigenvalue weighted by molar-refractivity contribution is 5.64. The number of methoxy groups -OCH3 is 1. The number of benzene rings is 3. The van der Waals surface area contributed by atoms with Crippen molar-refractivity contribution in [3.05, 3.63) is 83.4 Å². The predicted octanol–water partition coefficient (Wildman–Crippen LogP) is 5.61. The number of aryl methyl sites for hydroxylation is 2. The average Bonchev–Trinajstić information content (AvgIpc) is 3.23. The first-order valence-electron chi connectivity index (χ1n) is 9.41. The van der Waals surface area contributed by atoms with E-state index in [9.17, 15) is 0 Å². The van der Waals surface area contributed by atoms with Crippen LogP contribution in [0.4, 0.5) is 0 Å². The van der Waals surface area contributed by atoms with Crippen molar-refractivity contribution in [2.45, 2.75) is 20.5 Å². The van der Waals surface area contributed by atoms with Gasteiger partial charge in [0.1, 0.15) is 6.61 Å². The average molecular weight is 386 g/mol. The molecule has 0 aliphatic rings. The van der Waals surface area contributed by atoms with Gasteiger partial charge in [0.05, 0.1) is 7.11 Å². The zero-order valence-electron chi connectivity index (χ0n) is 16.7. The van der Waals surface area contributed by atoms with Crippen LogP contribution in [0, 0.1) is 13.8 Å². The fraction of sp³-hybridized carbons (Fsp3) is 0.167. The van der Waals surface area contributed by atoms with Gasteiger partial charge in [-0.05, 0) is 54.8 Å². The third-order valence-electron chi connectivity index (χ3n) is 4.87. The van der Waals surface area contributed by atoms with E-state index in [1.165, 1.54) is 5.56 Å². The molecule has 0 spiro atoms. The maximum absolute atomic E-state index is 5.99. The topological polar surface area (TPSA) is 57.4 Å². The molecule has 0 unspecified atom stereocenters. The first-order valence-corrected chi connectivity index (χ1v) is 9.41. The van der Waals surface area contributed by atoms with E-state index in [1.807, 2.05) is 61.5 Å². The summed E-state index contributed by atoms with van der Waals surface area (Å²) < 4.78 is 17.0. The van der Waals surface area contributed by atoms with Crippen molar-refractivity contribution in [3.63, 3.8) is 0 Å². The molecule has 5 nitrogen and oxygen atoms in total. The van der Waals surface area contributed by atoms with Gasteiger partial charge in [-0.1, -0.05) is 47.6 Å². The second kappa shape index (κ2) is 8.19. The molecule has 4 rings (SSSR count). The Balaban J connectivity index is 1.57. The van der Waals surface area contributed by atoms with E-state index in [-0.39, 0.29) is 0 Å². The second-order valence-electron chi connectivity index (χ2n) is 6.82. The van der Waals surface area contributed by atoms with Gasteiger partial charge in [0.2, 0.25) is 5.82 Å². The minimum atomic E-state index is 0.474. The standard InChI is InChI=1S/C24H22N2O3/c1-16-8-4-6-10-19(16)15-28-21-13-12-18(14-22(21)27-3)23-25-24(29-26-23)20-11-7-5-9-17(20)2/h4-14H,15H2,1-3H3. The third kappa shape index (κ3) is 3.99. The largest absolute Gasteiger partial charge is 0.493 e. The number of rotatable bonds is 6. The molecule has 1 aromatic heterocycles. The lowest BCUT2D eigenvalue weighted by atomic mass is 10.1. The Hall–Kier alpha value is -3.60. The van der Waals surface area contributed by atoms with Crippen molar-refractivity contribution in [1.82, 2.24) is 10.1 Å². The summed E-state index contributed by atoms with van der Waals surface area (Å²) in [7, 11) is 1.62. The Bertz CT molecular complexity index is 1130. The Morgan fingerprint density at radius 1 is 0.862 bits per heavy atom. The first-order chi connectivity index (χ1) is 14.2. The molecule has 3 aromatic carbocycles. The highest BCUT2D eigenvalue weighted by atomic mass is 16.5. The lowest BCUT2D eigenvalue weighted by Gasteiger charge is -2.12. The van der Waals surface area contributed by atoms with Crippen molar-refractivity contribution in [2.75, 3.05) is 7.11 Å². The zero-order valence-corrected chi connectivity index (χ0v) is 16.7. The van der Waals surface area contributed by atoms with Gasteiger partial charge in [-0.15, -0.1) is 0 Å². The third-order valence-corrected chi connectivity index (χ3v) is 4.87. The quantitative estimate of drug-likeness (QED) is 0.431. The van der Waals surface area contributed by atoms with Crippen LogP contribution in [0.25, 0.3) is 22.8 Å². The highest BCUT2D eigenvalue weighted by Crippen LogP contribution is 2.33. The van der Waals surface area contributed by atoms with Crippen LogP contribution >= 0.6 is 0 Å². The second-order valence-corrected chi connectivity index (χ2v) is 6.82. The zero-order chi connectivity index (χ0) is 20.2. The highest BCUT2D eigenvalue weighted by Gasteiger charge is 2.15. The molecule has 146 valence electrons. The van der Waals surface area contributed by atoms with Crippen molar-refractivity contribution in [3.8, 4) is 34.3 Å². The van der Waals surface area contributed by atoms with E-state index in [0.717, 1.165) is 22.3 Å². The van der Waals surface area contributed by atoms with Crippen LogP contribution in [0.1, 0.15) is 16.7 Å². The molecule has 4 aromatic rings. The van der Waals surface area contributed by atoms with Gasteiger partial charge < -0.3 is 14.0 Å². The van der Waals surface area contributed by atoms with Crippen LogP contribution in [0.2, 0.25) is 0 Å². The van der Waals surface area contributed by atoms with Gasteiger partial charge in [0.15, 0.2) is 11.5 Å². The fourth-order valence-corrected chi connectivity index (χ4v) is 3.12. The van der Waals surface area contributed by atoms with Crippen molar-refractivity contribution in [1.29, 1.82) is 0 Å². The minimum absolute atomic E-state index is 0.474. The lowest BCUT2D eigenvalue weighted by molar-refractivity contribution is 0.284. The van der Waals surface area contributed by atoms with Gasteiger partial charge in [-0.3, -0.25) is 0 Å². The van der Waals surface area contributed by atoms with E-state index >= 15 is 0 Å². The number of hydrogen-bond donors (Lipinski definition) is 0. The number of hydrogen-bond acceptors (Lipinski definition) is 5. The summed E-state index contributed by atoms with van der Waals surface area (Å²) in [6.07, 6.45) is 0. The van der Waals surface area contributed by atoms with Crippen molar-refractivity contribution in [2.24, 2.45) is 0 Å². The molecular weight excluding hydrogens is 364 g/mol. The number of aromatic nitrogens is 2. The van der Waals surface area contributed by atoms with Gasteiger partial charge in [0.25, 0.3) is 5.89 Å². The van der Waals surface area contributed by atoms with Crippen LogP contribution in [-0.2, 0) is 6.61 Å². The van der Waals surface area contributed by atoms with E-state index in [1.54, 1.807) is 7.11 Å². The summed E-state index contributed by atoms with van der Waals surface area (Å²) >= 11 is 0. The summed E-state index contributed by atoms with van der Waals surface area (Å²) in [6.45, 7) is 4.56. The Kier molecular flexibility index (Phi) is 5.29. The lowest BCUT2D eigenvalue weighted by Crippen LogP contribution is -1.99. The van der Waals surface area contributed by atoms with Crippen molar-refractivity contribution >= 4 is 0 Å². The normalized spacial score (nSPS) is 10.7. The molecule has 5 heteroatoms. The SMILES string of the molecule is COc1cc(-c2noc(-c3ccccc3C)n2)ccc1OCc1ccccc1C. The Morgan fingerprint density at radius 3 is 2.38 bits per heavy atom. The van der Waals surface area contributed by atoms with Gasteiger partial charge in [-0.2, -0.15) is 4.98 Å². The van der Waals surface area contributed by atoms with Crippen LogP contribution in [0.15, 0.2) is 71.3 Å².